The molecule has 0 atom stereocenters. The van der Waals surface area contributed by atoms with E-state index in [-0.39, 0.29) is 6.61 Å². The Morgan fingerprint density at radius 3 is 2.94 bits per heavy atom. The van der Waals surface area contributed by atoms with E-state index >= 15 is 0 Å². The van der Waals surface area contributed by atoms with E-state index in [0.717, 1.165) is 15.4 Å². The zero-order chi connectivity index (χ0) is 11.5. The summed E-state index contributed by atoms with van der Waals surface area (Å²) in [6.45, 7) is -0.00949. The third-order valence-electron chi connectivity index (χ3n) is 2.12. The molecule has 2 rings (SSSR count). The third kappa shape index (κ3) is 2.04. The number of aliphatic hydroxyl groups excluding tert-OH is 1. The maximum absolute atomic E-state index is 9.00. The summed E-state index contributed by atoms with van der Waals surface area (Å²) in [5.41, 5.74) is 0.774. The molecule has 1 heterocycles. The number of thiazole rings is 1. The molecular formula is C11H10ClNO2S. The van der Waals surface area contributed by atoms with Crippen LogP contribution in [0.15, 0.2) is 24.4 Å². The Balaban J connectivity index is 2.53. The van der Waals surface area contributed by atoms with E-state index in [1.54, 1.807) is 19.4 Å². The van der Waals surface area contributed by atoms with Crippen LogP contribution >= 0.6 is 22.9 Å². The zero-order valence-corrected chi connectivity index (χ0v) is 10.2. The molecule has 0 aliphatic heterocycles. The summed E-state index contributed by atoms with van der Waals surface area (Å²) in [5.74, 6) is 0.686. The molecule has 1 aromatic heterocycles. The standard InChI is InChI=1S/C11H10ClNO2S/c1-15-9-4-2-3-8(12)10(9)11-13-5-7(6-14)16-11/h2-5,14H,6H2,1H3. The first-order chi connectivity index (χ1) is 7.76. The molecule has 0 unspecified atom stereocenters. The number of benzene rings is 1. The fourth-order valence-corrected chi connectivity index (χ4v) is 2.53. The van der Waals surface area contributed by atoms with Crippen molar-refractivity contribution in [2.24, 2.45) is 0 Å². The van der Waals surface area contributed by atoms with E-state index < -0.39 is 0 Å². The quantitative estimate of drug-likeness (QED) is 0.917. The van der Waals surface area contributed by atoms with Crippen molar-refractivity contribution in [3.63, 3.8) is 0 Å². The topological polar surface area (TPSA) is 42.4 Å². The number of hydrogen-bond acceptors (Lipinski definition) is 4. The van der Waals surface area contributed by atoms with Crippen LogP contribution in [-0.2, 0) is 6.61 Å². The Morgan fingerprint density at radius 1 is 1.50 bits per heavy atom. The molecule has 16 heavy (non-hydrogen) atoms. The van der Waals surface area contributed by atoms with Crippen molar-refractivity contribution < 1.29 is 9.84 Å². The molecule has 0 spiro atoms. The molecule has 0 aliphatic rings. The van der Waals surface area contributed by atoms with Gasteiger partial charge in [-0.2, -0.15) is 0 Å². The fourth-order valence-electron chi connectivity index (χ4n) is 1.38. The van der Waals surface area contributed by atoms with Gasteiger partial charge in [0.1, 0.15) is 10.8 Å². The van der Waals surface area contributed by atoms with Crippen molar-refractivity contribution in [2.45, 2.75) is 6.61 Å². The predicted molar refractivity (Wildman–Crippen MR) is 65.0 cm³/mol. The van der Waals surface area contributed by atoms with Gasteiger partial charge < -0.3 is 9.84 Å². The highest BCUT2D eigenvalue weighted by atomic mass is 35.5. The molecule has 5 heteroatoms. The van der Waals surface area contributed by atoms with Crippen LogP contribution < -0.4 is 4.74 Å². The van der Waals surface area contributed by atoms with Gasteiger partial charge in [-0.05, 0) is 12.1 Å². The molecule has 0 saturated carbocycles. The molecule has 0 bridgehead atoms. The molecule has 0 aliphatic carbocycles. The molecule has 0 saturated heterocycles. The maximum atomic E-state index is 9.00. The maximum Gasteiger partial charge on any atom is 0.130 e. The van der Waals surface area contributed by atoms with Gasteiger partial charge in [0.05, 0.1) is 29.2 Å². The van der Waals surface area contributed by atoms with Crippen molar-refractivity contribution >= 4 is 22.9 Å². The van der Waals surface area contributed by atoms with Crippen LogP contribution in [0.4, 0.5) is 0 Å². The summed E-state index contributed by atoms with van der Waals surface area (Å²) in [7, 11) is 1.59. The van der Waals surface area contributed by atoms with Crippen LogP contribution in [-0.4, -0.2) is 17.2 Å². The number of ether oxygens (including phenoxy) is 1. The van der Waals surface area contributed by atoms with E-state index in [1.165, 1.54) is 11.3 Å². The Kier molecular flexibility index (Phi) is 3.43. The lowest BCUT2D eigenvalue weighted by molar-refractivity contribution is 0.285. The van der Waals surface area contributed by atoms with Gasteiger partial charge in [0.25, 0.3) is 0 Å². The lowest BCUT2D eigenvalue weighted by Crippen LogP contribution is -1.87. The summed E-state index contributed by atoms with van der Waals surface area (Å²) < 4.78 is 5.24. The normalized spacial score (nSPS) is 10.4. The molecule has 0 amide bonds. The molecule has 1 aromatic carbocycles. The Morgan fingerprint density at radius 2 is 2.31 bits per heavy atom. The monoisotopic (exact) mass is 255 g/mol. The average molecular weight is 256 g/mol. The highest BCUT2D eigenvalue weighted by Gasteiger charge is 2.13. The van der Waals surface area contributed by atoms with Crippen LogP contribution in [0, 0.1) is 0 Å². The van der Waals surface area contributed by atoms with Crippen molar-refractivity contribution in [3.8, 4) is 16.3 Å². The zero-order valence-electron chi connectivity index (χ0n) is 8.61. The smallest absolute Gasteiger partial charge is 0.130 e. The number of nitrogens with zero attached hydrogens (tertiary/aromatic N) is 1. The minimum Gasteiger partial charge on any atom is -0.496 e. The van der Waals surface area contributed by atoms with E-state index in [1.807, 2.05) is 12.1 Å². The van der Waals surface area contributed by atoms with Gasteiger partial charge >= 0.3 is 0 Å². The Bertz CT molecular complexity index is 498. The van der Waals surface area contributed by atoms with Crippen molar-refractivity contribution in [1.29, 1.82) is 0 Å². The van der Waals surface area contributed by atoms with Crippen LogP contribution in [0.3, 0.4) is 0 Å². The van der Waals surface area contributed by atoms with E-state index in [0.29, 0.717) is 10.8 Å². The van der Waals surface area contributed by atoms with Gasteiger partial charge in [-0.1, -0.05) is 17.7 Å². The van der Waals surface area contributed by atoms with Gasteiger partial charge in [-0.15, -0.1) is 11.3 Å². The highest BCUT2D eigenvalue weighted by molar-refractivity contribution is 7.15. The summed E-state index contributed by atoms with van der Waals surface area (Å²) in [4.78, 5) is 5.02. The third-order valence-corrected chi connectivity index (χ3v) is 3.43. The van der Waals surface area contributed by atoms with E-state index in [2.05, 4.69) is 4.98 Å². The van der Waals surface area contributed by atoms with Crippen molar-refractivity contribution in [3.05, 3.63) is 34.3 Å². The minimum atomic E-state index is -0.00949. The molecule has 3 nitrogen and oxygen atoms in total. The van der Waals surface area contributed by atoms with Gasteiger partial charge in [0, 0.05) is 6.20 Å². The van der Waals surface area contributed by atoms with Gasteiger partial charge in [-0.25, -0.2) is 4.98 Å². The second-order valence-electron chi connectivity index (χ2n) is 3.11. The molecule has 1 N–H and O–H groups in total. The number of halogens is 1. The van der Waals surface area contributed by atoms with Gasteiger partial charge in [-0.3, -0.25) is 0 Å². The molecular weight excluding hydrogens is 246 g/mol. The molecule has 84 valence electrons. The second-order valence-corrected chi connectivity index (χ2v) is 4.63. The van der Waals surface area contributed by atoms with Crippen LogP contribution in [0.2, 0.25) is 5.02 Å². The SMILES string of the molecule is COc1cccc(Cl)c1-c1ncc(CO)s1. The van der Waals surface area contributed by atoms with Crippen LogP contribution in [0.1, 0.15) is 4.88 Å². The summed E-state index contributed by atoms with van der Waals surface area (Å²) >= 11 is 7.52. The first kappa shape index (κ1) is 11.4. The summed E-state index contributed by atoms with van der Waals surface area (Å²) in [5, 5.41) is 10.4. The number of methoxy groups -OCH3 is 1. The Labute approximate surface area is 102 Å². The van der Waals surface area contributed by atoms with Crippen molar-refractivity contribution in [1.82, 2.24) is 4.98 Å². The minimum absolute atomic E-state index is 0.00949. The van der Waals surface area contributed by atoms with Gasteiger partial charge in [0.15, 0.2) is 0 Å². The molecule has 2 aromatic rings. The number of rotatable bonds is 3. The Hall–Kier alpha value is -1.10. The van der Waals surface area contributed by atoms with Crippen LogP contribution in [0.25, 0.3) is 10.6 Å². The lowest BCUT2D eigenvalue weighted by atomic mass is 10.2. The largest absolute Gasteiger partial charge is 0.496 e. The number of hydrogen-bond donors (Lipinski definition) is 1. The predicted octanol–water partition coefficient (Wildman–Crippen LogP) is 2.96. The number of aliphatic hydroxyl groups is 1. The molecule has 0 fully saturated rings. The van der Waals surface area contributed by atoms with Gasteiger partial charge in [0.2, 0.25) is 0 Å². The summed E-state index contributed by atoms with van der Waals surface area (Å²) in [6.07, 6.45) is 1.64. The number of aromatic nitrogens is 1. The first-order valence-electron chi connectivity index (χ1n) is 4.64. The highest BCUT2D eigenvalue weighted by Crippen LogP contribution is 2.38. The average Bonchev–Trinajstić information content (AvgIpc) is 2.76. The lowest BCUT2D eigenvalue weighted by Gasteiger charge is -2.07. The van der Waals surface area contributed by atoms with E-state index in [9.17, 15) is 0 Å². The first-order valence-corrected chi connectivity index (χ1v) is 5.84. The van der Waals surface area contributed by atoms with Crippen LogP contribution in [0.5, 0.6) is 5.75 Å². The second kappa shape index (κ2) is 4.82. The summed E-state index contributed by atoms with van der Waals surface area (Å²) in [6, 6.07) is 5.45. The fraction of sp³-hybridized carbons (Fsp3) is 0.182. The van der Waals surface area contributed by atoms with Crippen molar-refractivity contribution in [2.75, 3.05) is 7.11 Å². The van der Waals surface area contributed by atoms with E-state index in [4.69, 9.17) is 21.4 Å². The molecule has 0 radical (unpaired) electrons.